The van der Waals surface area contributed by atoms with Crippen molar-refractivity contribution in [3.8, 4) is 0 Å². The van der Waals surface area contributed by atoms with E-state index in [2.05, 4.69) is 15.9 Å². The molecule has 0 aliphatic heterocycles. The molecule has 1 N–H and O–H groups in total. The summed E-state index contributed by atoms with van der Waals surface area (Å²) < 4.78 is 26.3. The van der Waals surface area contributed by atoms with Crippen LogP contribution in [0.5, 0.6) is 0 Å². The normalized spacial score (nSPS) is 12.5. The van der Waals surface area contributed by atoms with Gasteiger partial charge in [-0.3, -0.25) is 0 Å². The van der Waals surface area contributed by atoms with Gasteiger partial charge in [0.15, 0.2) is 0 Å². The second kappa shape index (κ2) is 4.50. The first-order valence-electron chi connectivity index (χ1n) is 3.81. The van der Waals surface area contributed by atoms with E-state index in [0.29, 0.717) is 4.47 Å². The van der Waals surface area contributed by atoms with Crippen LogP contribution in [0.15, 0.2) is 22.7 Å². The molecular formula is C9H7BrF2O2. The van der Waals surface area contributed by atoms with Crippen LogP contribution < -0.4 is 0 Å². The van der Waals surface area contributed by atoms with Gasteiger partial charge in [0.25, 0.3) is 0 Å². The third-order valence-electron chi connectivity index (χ3n) is 1.67. The van der Waals surface area contributed by atoms with Gasteiger partial charge < -0.3 is 5.11 Å². The SMILES string of the molecule is O=C(O)C(F)Cc1cc(Br)ccc1F. The zero-order valence-electron chi connectivity index (χ0n) is 7.01. The average molecular weight is 265 g/mol. The van der Waals surface area contributed by atoms with Crippen LogP contribution in [0.3, 0.4) is 0 Å². The maximum Gasteiger partial charge on any atom is 0.338 e. The van der Waals surface area contributed by atoms with E-state index in [1.165, 1.54) is 12.1 Å². The van der Waals surface area contributed by atoms with Crippen molar-refractivity contribution < 1.29 is 18.7 Å². The van der Waals surface area contributed by atoms with Gasteiger partial charge in [0, 0.05) is 10.9 Å². The van der Waals surface area contributed by atoms with Crippen molar-refractivity contribution in [3.05, 3.63) is 34.1 Å². The number of hydrogen-bond acceptors (Lipinski definition) is 1. The van der Waals surface area contributed by atoms with Crippen molar-refractivity contribution in [3.63, 3.8) is 0 Å². The molecule has 0 saturated carbocycles. The van der Waals surface area contributed by atoms with Crippen molar-refractivity contribution >= 4 is 21.9 Å². The molecule has 1 atom stereocenters. The summed E-state index contributed by atoms with van der Waals surface area (Å²) in [5.74, 6) is -2.18. The number of hydrogen-bond donors (Lipinski definition) is 1. The topological polar surface area (TPSA) is 37.3 Å². The zero-order valence-corrected chi connectivity index (χ0v) is 8.59. The number of carboxylic acid groups (broad SMARTS) is 1. The van der Waals surface area contributed by atoms with Crippen LogP contribution in [0.25, 0.3) is 0 Å². The van der Waals surface area contributed by atoms with Crippen LogP contribution in [-0.2, 0) is 11.2 Å². The first kappa shape index (κ1) is 11.1. The van der Waals surface area contributed by atoms with Crippen molar-refractivity contribution in [2.24, 2.45) is 0 Å². The van der Waals surface area contributed by atoms with E-state index in [-0.39, 0.29) is 5.56 Å². The largest absolute Gasteiger partial charge is 0.479 e. The number of alkyl halides is 1. The predicted octanol–water partition coefficient (Wildman–Crippen LogP) is 2.55. The van der Waals surface area contributed by atoms with Gasteiger partial charge in [-0.05, 0) is 23.8 Å². The lowest BCUT2D eigenvalue weighted by molar-refractivity contribution is -0.142. The van der Waals surface area contributed by atoms with Gasteiger partial charge in [0.05, 0.1) is 0 Å². The fraction of sp³-hybridized carbons (Fsp3) is 0.222. The third-order valence-corrected chi connectivity index (χ3v) is 2.17. The Kier molecular flexibility index (Phi) is 3.57. The van der Waals surface area contributed by atoms with Crippen LogP contribution in [-0.4, -0.2) is 17.2 Å². The van der Waals surface area contributed by atoms with E-state index in [9.17, 15) is 13.6 Å². The van der Waals surface area contributed by atoms with Crippen LogP contribution >= 0.6 is 15.9 Å². The molecule has 0 bridgehead atoms. The molecule has 1 aromatic rings. The highest BCUT2D eigenvalue weighted by Gasteiger charge is 2.18. The summed E-state index contributed by atoms with van der Waals surface area (Å²) in [7, 11) is 0. The van der Waals surface area contributed by atoms with Gasteiger partial charge in [0.1, 0.15) is 5.82 Å². The van der Waals surface area contributed by atoms with Crippen molar-refractivity contribution in [2.45, 2.75) is 12.6 Å². The molecule has 0 radical (unpaired) electrons. The minimum Gasteiger partial charge on any atom is -0.479 e. The van der Waals surface area contributed by atoms with E-state index in [1.807, 2.05) is 0 Å². The molecule has 0 aliphatic carbocycles. The molecule has 76 valence electrons. The zero-order chi connectivity index (χ0) is 10.7. The van der Waals surface area contributed by atoms with Gasteiger partial charge in [-0.15, -0.1) is 0 Å². The molecule has 5 heteroatoms. The maximum atomic E-state index is 13.0. The molecule has 1 rings (SSSR count). The molecule has 1 unspecified atom stereocenters. The maximum absolute atomic E-state index is 13.0. The molecule has 0 amide bonds. The average Bonchev–Trinajstić information content (AvgIpc) is 2.11. The lowest BCUT2D eigenvalue weighted by Gasteiger charge is -2.05. The van der Waals surface area contributed by atoms with Gasteiger partial charge in [-0.25, -0.2) is 13.6 Å². The van der Waals surface area contributed by atoms with E-state index >= 15 is 0 Å². The lowest BCUT2D eigenvalue weighted by Crippen LogP contribution is -2.17. The Hall–Kier alpha value is -0.970. The summed E-state index contributed by atoms with van der Waals surface area (Å²) in [6, 6.07) is 3.99. The number of halogens is 3. The van der Waals surface area contributed by atoms with E-state index in [4.69, 9.17) is 5.11 Å². The highest BCUT2D eigenvalue weighted by Crippen LogP contribution is 2.17. The number of aliphatic carboxylic acids is 1. The monoisotopic (exact) mass is 264 g/mol. The van der Waals surface area contributed by atoms with Crippen LogP contribution in [0.2, 0.25) is 0 Å². The number of carboxylic acids is 1. The van der Waals surface area contributed by atoms with Gasteiger partial charge >= 0.3 is 5.97 Å². The molecule has 14 heavy (non-hydrogen) atoms. The standard InChI is InChI=1S/C9H7BrF2O2/c10-6-1-2-7(11)5(3-6)4-8(12)9(13)14/h1-3,8H,4H2,(H,13,14). The Bertz CT molecular complexity index is 355. The second-order valence-electron chi connectivity index (χ2n) is 2.75. The summed E-state index contributed by atoms with van der Waals surface area (Å²) >= 11 is 3.09. The molecule has 1 aromatic carbocycles. The molecule has 0 aromatic heterocycles. The molecule has 0 fully saturated rings. The van der Waals surface area contributed by atoms with Crippen LogP contribution in [0.4, 0.5) is 8.78 Å². The van der Waals surface area contributed by atoms with Crippen molar-refractivity contribution in [1.29, 1.82) is 0 Å². The highest BCUT2D eigenvalue weighted by molar-refractivity contribution is 9.10. The molecule has 0 heterocycles. The summed E-state index contributed by atoms with van der Waals surface area (Å²) in [6.07, 6.45) is -2.53. The Morgan fingerprint density at radius 2 is 2.21 bits per heavy atom. The number of rotatable bonds is 3. The van der Waals surface area contributed by atoms with Gasteiger partial charge in [-0.2, -0.15) is 0 Å². The Labute approximate surface area is 87.7 Å². The third kappa shape index (κ3) is 2.77. The Morgan fingerprint density at radius 1 is 1.57 bits per heavy atom. The summed E-state index contributed by atoms with van der Waals surface area (Å²) in [5, 5.41) is 8.29. The van der Waals surface area contributed by atoms with Crippen LogP contribution in [0, 0.1) is 5.82 Å². The van der Waals surface area contributed by atoms with Crippen molar-refractivity contribution in [1.82, 2.24) is 0 Å². The summed E-state index contributed by atoms with van der Waals surface area (Å²) in [4.78, 5) is 10.2. The van der Waals surface area contributed by atoms with Gasteiger partial charge in [-0.1, -0.05) is 15.9 Å². The highest BCUT2D eigenvalue weighted by atomic mass is 79.9. The smallest absolute Gasteiger partial charge is 0.338 e. The van der Waals surface area contributed by atoms with E-state index < -0.39 is 24.4 Å². The number of benzene rings is 1. The summed E-state index contributed by atoms with van der Waals surface area (Å²) in [5.41, 5.74) is 0.0503. The molecule has 0 aliphatic rings. The minimum absolute atomic E-state index is 0.0503. The number of carbonyl (C=O) groups is 1. The molecule has 0 saturated heterocycles. The van der Waals surface area contributed by atoms with Crippen LogP contribution in [0.1, 0.15) is 5.56 Å². The Balaban J connectivity index is 2.85. The fourth-order valence-electron chi connectivity index (χ4n) is 0.980. The first-order valence-corrected chi connectivity index (χ1v) is 4.61. The molecular weight excluding hydrogens is 258 g/mol. The quantitative estimate of drug-likeness (QED) is 0.911. The molecule has 2 nitrogen and oxygen atoms in total. The lowest BCUT2D eigenvalue weighted by atomic mass is 10.1. The second-order valence-corrected chi connectivity index (χ2v) is 3.66. The van der Waals surface area contributed by atoms with E-state index in [1.54, 1.807) is 0 Å². The predicted molar refractivity (Wildman–Crippen MR) is 50.3 cm³/mol. The summed E-state index contributed by atoms with van der Waals surface area (Å²) in [6.45, 7) is 0. The minimum atomic E-state index is -2.07. The fourth-order valence-corrected chi connectivity index (χ4v) is 1.39. The Morgan fingerprint density at radius 3 is 2.79 bits per heavy atom. The van der Waals surface area contributed by atoms with Gasteiger partial charge in [0.2, 0.25) is 6.17 Å². The molecule has 0 spiro atoms. The first-order chi connectivity index (χ1) is 6.50. The van der Waals surface area contributed by atoms with E-state index in [0.717, 1.165) is 6.07 Å². The van der Waals surface area contributed by atoms with Crippen molar-refractivity contribution in [2.75, 3.05) is 0 Å².